The van der Waals surface area contributed by atoms with Crippen molar-refractivity contribution in [3.8, 4) is 11.8 Å². The maximum atomic E-state index is 13.0. The quantitative estimate of drug-likeness (QED) is 0.536. The van der Waals surface area contributed by atoms with Gasteiger partial charge in [0.25, 0.3) is 0 Å². The molecule has 7 heteroatoms. The molecule has 1 amide bonds. The fourth-order valence-corrected chi connectivity index (χ4v) is 5.41. The molecule has 1 heterocycles. The molecule has 4 rings (SSSR count). The fraction of sp³-hybridized carbons (Fsp3) is 0.321. The van der Waals surface area contributed by atoms with E-state index in [1.807, 2.05) is 63.2 Å². The van der Waals surface area contributed by atoms with E-state index in [1.165, 1.54) is 11.8 Å². The number of thioether (sulfide) groups is 1. The van der Waals surface area contributed by atoms with Gasteiger partial charge in [-0.2, -0.15) is 5.26 Å². The Labute approximate surface area is 210 Å². The molecule has 0 fully saturated rings. The molecule has 0 saturated carbocycles. The van der Waals surface area contributed by atoms with Gasteiger partial charge in [-0.1, -0.05) is 42.1 Å². The van der Waals surface area contributed by atoms with Gasteiger partial charge in [0.05, 0.1) is 34.9 Å². The van der Waals surface area contributed by atoms with Crippen LogP contribution in [0.15, 0.2) is 64.3 Å². The molecule has 180 valence electrons. The van der Waals surface area contributed by atoms with Gasteiger partial charge in [-0.3, -0.25) is 9.59 Å². The predicted molar refractivity (Wildman–Crippen MR) is 139 cm³/mol. The summed E-state index contributed by atoms with van der Waals surface area (Å²) in [4.78, 5) is 25.8. The molecular weight excluding hydrogens is 458 g/mol. The van der Waals surface area contributed by atoms with E-state index < -0.39 is 5.92 Å². The van der Waals surface area contributed by atoms with Gasteiger partial charge < -0.3 is 15.4 Å². The van der Waals surface area contributed by atoms with Crippen molar-refractivity contribution in [1.29, 1.82) is 5.26 Å². The lowest BCUT2D eigenvalue weighted by Gasteiger charge is -2.33. The smallest absolute Gasteiger partial charge is 0.234 e. The molecule has 1 aliphatic heterocycles. The lowest BCUT2D eigenvalue weighted by molar-refractivity contribution is -0.116. The number of amides is 1. The van der Waals surface area contributed by atoms with Crippen molar-refractivity contribution in [3.63, 3.8) is 0 Å². The summed E-state index contributed by atoms with van der Waals surface area (Å²) in [6.07, 6.45) is 1.95. The van der Waals surface area contributed by atoms with Crippen LogP contribution in [0.3, 0.4) is 0 Å². The number of carbonyl (C=O) groups is 2. The van der Waals surface area contributed by atoms with Gasteiger partial charge in [0.1, 0.15) is 5.75 Å². The molecule has 1 aliphatic carbocycles. The first-order valence-corrected chi connectivity index (χ1v) is 12.8. The van der Waals surface area contributed by atoms with Crippen molar-refractivity contribution < 1.29 is 14.3 Å². The van der Waals surface area contributed by atoms with E-state index in [0.29, 0.717) is 35.0 Å². The van der Waals surface area contributed by atoms with Crippen molar-refractivity contribution in [2.45, 2.75) is 46.0 Å². The molecule has 6 nitrogen and oxygen atoms in total. The van der Waals surface area contributed by atoms with Gasteiger partial charge in [0.15, 0.2) is 5.78 Å². The Kier molecular flexibility index (Phi) is 7.62. The third-order valence-electron chi connectivity index (χ3n) is 6.21. The summed E-state index contributed by atoms with van der Waals surface area (Å²) in [6.45, 7) is 6.33. The Morgan fingerprint density at radius 2 is 2.03 bits per heavy atom. The molecule has 2 N–H and O–H groups in total. The number of para-hydroxylation sites is 1. The van der Waals surface area contributed by atoms with Crippen LogP contribution in [0.25, 0.3) is 0 Å². The summed E-state index contributed by atoms with van der Waals surface area (Å²) in [5, 5.41) is 17.2. The van der Waals surface area contributed by atoms with Crippen LogP contribution < -0.4 is 15.4 Å². The zero-order valence-electron chi connectivity index (χ0n) is 20.2. The topological polar surface area (TPSA) is 91.2 Å². The zero-order valence-corrected chi connectivity index (χ0v) is 21.1. The number of hydrogen-bond acceptors (Lipinski definition) is 6. The lowest BCUT2D eigenvalue weighted by Crippen LogP contribution is -2.32. The Hall–Kier alpha value is -3.50. The molecule has 0 spiro atoms. The molecule has 2 aliphatic rings. The molecule has 0 aromatic heterocycles. The molecule has 1 atom stereocenters. The standard InChI is InChI=1S/C28H29N3O3S/c1-4-34-24-11-6-5-8-19(24)26-20(15-29)28(31-21-9-7-10-23(32)27(21)26)35-16-25(33)30-22-14-17(2)12-13-18(22)3/h5-6,8,11-14,26,31H,4,7,9-10,16H2,1-3H3,(H,30,33)/t26-/m1/s1. The number of Topliss-reactive ketones (excluding diaryl/α,β-unsaturated/α-hetero) is 1. The molecule has 2 aromatic carbocycles. The minimum Gasteiger partial charge on any atom is -0.494 e. The highest BCUT2D eigenvalue weighted by Crippen LogP contribution is 2.46. The Bertz CT molecular complexity index is 1270. The van der Waals surface area contributed by atoms with E-state index >= 15 is 0 Å². The maximum Gasteiger partial charge on any atom is 0.234 e. The molecule has 2 aromatic rings. The molecule has 0 saturated heterocycles. The van der Waals surface area contributed by atoms with Crippen molar-refractivity contribution in [2.24, 2.45) is 0 Å². The van der Waals surface area contributed by atoms with Gasteiger partial charge in [0, 0.05) is 28.9 Å². The number of benzene rings is 2. The van der Waals surface area contributed by atoms with Gasteiger partial charge in [-0.05, 0) is 56.9 Å². The van der Waals surface area contributed by atoms with E-state index in [2.05, 4.69) is 16.7 Å². The number of anilines is 1. The largest absolute Gasteiger partial charge is 0.494 e. The summed E-state index contributed by atoms with van der Waals surface area (Å²) < 4.78 is 5.86. The first-order chi connectivity index (χ1) is 16.9. The van der Waals surface area contributed by atoms with Crippen LogP contribution >= 0.6 is 11.8 Å². The highest BCUT2D eigenvalue weighted by Gasteiger charge is 2.38. The van der Waals surface area contributed by atoms with E-state index in [9.17, 15) is 14.9 Å². The number of dihydropyridines is 1. The van der Waals surface area contributed by atoms with E-state index in [0.717, 1.165) is 40.9 Å². The monoisotopic (exact) mass is 487 g/mol. The number of ketones is 1. The number of aryl methyl sites for hydroxylation is 2. The normalized spacial score (nSPS) is 17.4. The van der Waals surface area contributed by atoms with Crippen molar-refractivity contribution in [1.82, 2.24) is 5.32 Å². The van der Waals surface area contributed by atoms with Crippen LogP contribution in [0.1, 0.15) is 48.8 Å². The summed E-state index contributed by atoms with van der Waals surface area (Å²) in [5.74, 6) is 0.186. The van der Waals surface area contributed by atoms with Crippen molar-refractivity contribution in [2.75, 3.05) is 17.7 Å². The first kappa shape index (κ1) is 24.6. The van der Waals surface area contributed by atoms with Crippen molar-refractivity contribution >= 4 is 29.1 Å². The van der Waals surface area contributed by atoms with Crippen LogP contribution in [-0.4, -0.2) is 24.1 Å². The summed E-state index contributed by atoms with van der Waals surface area (Å²) in [7, 11) is 0. The zero-order chi connectivity index (χ0) is 24.9. The Morgan fingerprint density at radius 3 is 2.80 bits per heavy atom. The number of nitriles is 1. The Morgan fingerprint density at radius 1 is 1.23 bits per heavy atom. The second kappa shape index (κ2) is 10.8. The van der Waals surface area contributed by atoms with Crippen LogP contribution in [0.2, 0.25) is 0 Å². The summed E-state index contributed by atoms with van der Waals surface area (Å²) in [5.41, 5.74) is 5.57. The van der Waals surface area contributed by atoms with Gasteiger partial charge in [-0.15, -0.1) is 0 Å². The van der Waals surface area contributed by atoms with Crippen molar-refractivity contribution in [3.05, 3.63) is 81.0 Å². The van der Waals surface area contributed by atoms with Crippen LogP contribution in [-0.2, 0) is 9.59 Å². The molecule has 0 bridgehead atoms. The average Bonchev–Trinajstić information content (AvgIpc) is 2.85. The molecule has 0 radical (unpaired) electrons. The van der Waals surface area contributed by atoms with Crippen LogP contribution in [0, 0.1) is 25.2 Å². The third-order valence-corrected chi connectivity index (χ3v) is 7.22. The number of nitrogens with one attached hydrogen (secondary N) is 2. The second-order valence-electron chi connectivity index (χ2n) is 8.71. The lowest BCUT2D eigenvalue weighted by atomic mass is 9.76. The summed E-state index contributed by atoms with van der Waals surface area (Å²) in [6, 6.07) is 15.8. The second-order valence-corrected chi connectivity index (χ2v) is 9.69. The SMILES string of the molecule is CCOc1ccccc1[C@@H]1C(C#N)=C(SCC(=O)Nc2cc(C)ccc2C)NC2=C1C(=O)CCC2. The van der Waals surface area contributed by atoms with Gasteiger partial charge >= 0.3 is 0 Å². The molecule has 35 heavy (non-hydrogen) atoms. The van der Waals surface area contributed by atoms with E-state index in [4.69, 9.17) is 4.74 Å². The van der Waals surface area contributed by atoms with Gasteiger partial charge in [0.2, 0.25) is 5.91 Å². The van der Waals surface area contributed by atoms with Gasteiger partial charge in [-0.25, -0.2) is 0 Å². The average molecular weight is 488 g/mol. The highest BCUT2D eigenvalue weighted by atomic mass is 32.2. The number of hydrogen-bond donors (Lipinski definition) is 2. The minimum atomic E-state index is -0.517. The van der Waals surface area contributed by atoms with Crippen LogP contribution in [0.5, 0.6) is 5.75 Å². The maximum absolute atomic E-state index is 13.0. The number of nitrogens with zero attached hydrogens (tertiary/aromatic N) is 1. The Balaban J connectivity index is 1.66. The number of ether oxygens (including phenoxy) is 1. The first-order valence-electron chi connectivity index (χ1n) is 11.8. The number of allylic oxidation sites excluding steroid dienone is 3. The van der Waals surface area contributed by atoms with Crippen LogP contribution in [0.4, 0.5) is 5.69 Å². The predicted octanol–water partition coefficient (Wildman–Crippen LogP) is 5.50. The summed E-state index contributed by atoms with van der Waals surface area (Å²) >= 11 is 1.29. The number of carbonyl (C=O) groups excluding carboxylic acids is 2. The minimum absolute atomic E-state index is 0.0551. The fourth-order valence-electron chi connectivity index (χ4n) is 4.55. The van der Waals surface area contributed by atoms with E-state index in [1.54, 1.807) is 0 Å². The molecule has 0 unspecified atom stereocenters. The van der Waals surface area contributed by atoms with E-state index in [-0.39, 0.29) is 17.4 Å². The number of rotatable bonds is 7. The third kappa shape index (κ3) is 5.28. The molecular formula is C28H29N3O3S. The highest BCUT2D eigenvalue weighted by molar-refractivity contribution is 8.03.